The molecule has 154 valence electrons. The van der Waals surface area contributed by atoms with E-state index in [4.69, 9.17) is 23.2 Å². The number of nitrogens with zero attached hydrogens (tertiary/aromatic N) is 1. The Morgan fingerprint density at radius 3 is 2.04 bits per heavy atom. The maximum absolute atomic E-state index is 11.9. The molecule has 1 heterocycles. The highest BCUT2D eigenvalue weighted by molar-refractivity contribution is 6.42. The first-order valence-electron chi connectivity index (χ1n) is 10.1. The highest BCUT2D eigenvalue weighted by Crippen LogP contribution is 2.25. The van der Waals surface area contributed by atoms with Crippen LogP contribution in [0.25, 0.3) is 0 Å². The first kappa shape index (κ1) is 22.7. The first-order chi connectivity index (χ1) is 13.5. The van der Waals surface area contributed by atoms with Crippen molar-refractivity contribution in [1.82, 2.24) is 4.90 Å². The van der Waals surface area contributed by atoms with Crippen LogP contribution in [0.2, 0.25) is 10.0 Å². The monoisotopic (exact) mass is 426 g/mol. The minimum absolute atomic E-state index is 0.00982. The van der Waals surface area contributed by atoms with Crippen molar-refractivity contribution in [2.24, 2.45) is 0 Å². The van der Waals surface area contributed by atoms with Crippen molar-refractivity contribution >= 4 is 46.6 Å². The van der Waals surface area contributed by atoms with E-state index in [9.17, 15) is 14.4 Å². The number of benzene rings is 1. The number of rotatable bonds is 12. The Hall–Kier alpha value is -1.59. The molecule has 1 aliphatic heterocycles. The number of imide groups is 1. The van der Waals surface area contributed by atoms with E-state index >= 15 is 0 Å². The first-order valence-corrected chi connectivity index (χ1v) is 10.8. The van der Waals surface area contributed by atoms with Gasteiger partial charge in [-0.25, -0.2) is 0 Å². The number of nitrogens with one attached hydrogen (secondary N) is 1. The van der Waals surface area contributed by atoms with Crippen molar-refractivity contribution in [3.63, 3.8) is 0 Å². The second-order valence-electron chi connectivity index (χ2n) is 7.19. The Balaban J connectivity index is 1.43. The lowest BCUT2D eigenvalue weighted by Gasteiger charge is -2.13. The summed E-state index contributed by atoms with van der Waals surface area (Å²) in [6.45, 7) is 0.575. The van der Waals surface area contributed by atoms with Gasteiger partial charge in [-0.3, -0.25) is 19.3 Å². The topological polar surface area (TPSA) is 66.5 Å². The van der Waals surface area contributed by atoms with Gasteiger partial charge < -0.3 is 5.32 Å². The fourth-order valence-electron chi connectivity index (χ4n) is 3.29. The fourth-order valence-corrected chi connectivity index (χ4v) is 3.58. The standard InChI is InChI=1S/C21H28Cl2N2O3/c22-17-11-10-16(15-18(17)23)24-19(26)9-7-5-3-1-2-4-6-8-14-25-20(27)12-13-21(25)28/h10-11,15H,1-9,12-14H2,(H,24,26). The van der Waals surface area contributed by atoms with Crippen molar-refractivity contribution in [2.45, 2.75) is 70.6 Å². The molecule has 2 rings (SSSR count). The van der Waals surface area contributed by atoms with Crippen LogP contribution < -0.4 is 5.32 Å². The van der Waals surface area contributed by atoms with Gasteiger partial charge in [-0.1, -0.05) is 61.7 Å². The number of amides is 3. The average Bonchev–Trinajstić information content (AvgIpc) is 2.98. The predicted octanol–water partition coefficient (Wildman–Crippen LogP) is 5.59. The van der Waals surface area contributed by atoms with E-state index in [1.165, 1.54) is 4.90 Å². The molecule has 0 bridgehead atoms. The summed E-state index contributed by atoms with van der Waals surface area (Å²) in [7, 11) is 0. The molecule has 0 spiro atoms. The summed E-state index contributed by atoms with van der Waals surface area (Å²) in [4.78, 5) is 36.3. The smallest absolute Gasteiger partial charge is 0.229 e. The number of unbranched alkanes of at least 4 members (excludes halogenated alkanes) is 7. The minimum Gasteiger partial charge on any atom is -0.326 e. The molecule has 1 aromatic rings. The Bertz CT molecular complexity index is 678. The van der Waals surface area contributed by atoms with Gasteiger partial charge in [-0.05, 0) is 31.0 Å². The summed E-state index contributed by atoms with van der Waals surface area (Å²) in [6, 6.07) is 5.05. The van der Waals surface area contributed by atoms with Gasteiger partial charge in [-0.15, -0.1) is 0 Å². The molecule has 7 heteroatoms. The van der Waals surface area contributed by atoms with E-state index in [0.717, 1.165) is 51.4 Å². The molecule has 1 fully saturated rings. The van der Waals surface area contributed by atoms with Crippen LogP contribution in [-0.4, -0.2) is 29.2 Å². The minimum atomic E-state index is -0.0202. The van der Waals surface area contributed by atoms with Gasteiger partial charge >= 0.3 is 0 Å². The number of anilines is 1. The van der Waals surface area contributed by atoms with Crippen LogP contribution in [0, 0.1) is 0 Å². The second kappa shape index (κ2) is 12.1. The Labute approximate surface area is 176 Å². The maximum Gasteiger partial charge on any atom is 0.229 e. The van der Waals surface area contributed by atoms with Gasteiger partial charge in [0.15, 0.2) is 0 Å². The van der Waals surface area contributed by atoms with Crippen molar-refractivity contribution in [3.8, 4) is 0 Å². The molecule has 0 saturated carbocycles. The summed E-state index contributed by atoms with van der Waals surface area (Å²) < 4.78 is 0. The van der Waals surface area contributed by atoms with Crippen LogP contribution in [0.1, 0.15) is 70.6 Å². The van der Waals surface area contributed by atoms with Crippen LogP contribution in [0.4, 0.5) is 5.69 Å². The fraction of sp³-hybridized carbons (Fsp3) is 0.571. The van der Waals surface area contributed by atoms with Gasteiger partial charge in [0.1, 0.15) is 0 Å². The molecule has 0 atom stereocenters. The maximum atomic E-state index is 11.9. The normalized spacial score (nSPS) is 14.0. The lowest BCUT2D eigenvalue weighted by atomic mass is 10.1. The molecule has 1 saturated heterocycles. The van der Waals surface area contributed by atoms with Crippen LogP contribution in [0.5, 0.6) is 0 Å². The zero-order valence-electron chi connectivity index (χ0n) is 16.1. The molecule has 3 amide bonds. The molecular weight excluding hydrogens is 399 g/mol. The lowest BCUT2D eigenvalue weighted by Crippen LogP contribution is -2.29. The van der Waals surface area contributed by atoms with Crippen molar-refractivity contribution in [1.29, 1.82) is 0 Å². The molecule has 1 aromatic carbocycles. The van der Waals surface area contributed by atoms with E-state index in [1.54, 1.807) is 18.2 Å². The van der Waals surface area contributed by atoms with E-state index in [2.05, 4.69) is 5.32 Å². The van der Waals surface area contributed by atoms with E-state index < -0.39 is 0 Å². The Morgan fingerprint density at radius 1 is 0.857 bits per heavy atom. The molecule has 0 aromatic heterocycles. The average molecular weight is 427 g/mol. The van der Waals surface area contributed by atoms with Gasteiger partial charge in [0.05, 0.1) is 10.0 Å². The van der Waals surface area contributed by atoms with Crippen molar-refractivity contribution < 1.29 is 14.4 Å². The van der Waals surface area contributed by atoms with Gasteiger partial charge in [0.25, 0.3) is 0 Å². The molecule has 1 N–H and O–H groups in total. The summed E-state index contributed by atoms with van der Waals surface area (Å²) in [5.41, 5.74) is 0.664. The number of carbonyl (C=O) groups excluding carboxylic acids is 3. The molecule has 0 aliphatic carbocycles. The summed E-state index contributed by atoms with van der Waals surface area (Å²) in [5.74, 6) is -0.0502. The third-order valence-electron chi connectivity index (χ3n) is 4.89. The third-order valence-corrected chi connectivity index (χ3v) is 5.63. The Kier molecular flexibility index (Phi) is 9.79. The van der Waals surface area contributed by atoms with Crippen molar-refractivity contribution in [3.05, 3.63) is 28.2 Å². The lowest BCUT2D eigenvalue weighted by molar-refractivity contribution is -0.138. The molecule has 5 nitrogen and oxygen atoms in total. The number of hydrogen-bond acceptors (Lipinski definition) is 3. The van der Waals surface area contributed by atoms with Crippen LogP contribution in [0.3, 0.4) is 0 Å². The number of halogens is 2. The summed E-state index contributed by atoms with van der Waals surface area (Å²) >= 11 is 11.8. The molecule has 1 aliphatic rings. The van der Waals surface area contributed by atoms with Gasteiger partial charge in [0.2, 0.25) is 17.7 Å². The zero-order valence-corrected chi connectivity index (χ0v) is 17.7. The van der Waals surface area contributed by atoms with E-state index in [0.29, 0.717) is 41.5 Å². The SMILES string of the molecule is O=C(CCCCCCCCCCN1C(=O)CCC1=O)Nc1ccc(Cl)c(Cl)c1. The van der Waals surface area contributed by atoms with Crippen LogP contribution in [-0.2, 0) is 14.4 Å². The number of likely N-dealkylation sites (tertiary alicyclic amines) is 1. The Morgan fingerprint density at radius 2 is 1.43 bits per heavy atom. The van der Waals surface area contributed by atoms with Crippen LogP contribution in [0.15, 0.2) is 18.2 Å². The van der Waals surface area contributed by atoms with Gasteiger partial charge in [-0.2, -0.15) is 0 Å². The largest absolute Gasteiger partial charge is 0.326 e. The van der Waals surface area contributed by atoms with Crippen molar-refractivity contribution in [2.75, 3.05) is 11.9 Å². The predicted molar refractivity (Wildman–Crippen MR) is 113 cm³/mol. The zero-order chi connectivity index (χ0) is 20.4. The van der Waals surface area contributed by atoms with Crippen LogP contribution >= 0.6 is 23.2 Å². The molecular formula is C21H28Cl2N2O3. The third kappa shape index (κ3) is 7.80. The summed E-state index contributed by atoms with van der Waals surface area (Å²) in [6.07, 6.45) is 9.63. The number of hydrogen-bond donors (Lipinski definition) is 1. The highest BCUT2D eigenvalue weighted by Gasteiger charge is 2.27. The van der Waals surface area contributed by atoms with E-state index in [-0.39, 0.29) is 17.7 Å². The van der Waals surface area contributed by atoms with Gasteiger partial charge in [0, 0.05) is 31.5 Å². The van der Waals surface area contributed by atoms with E-state index in [1.807, 2.05) is 0 Å². The quantitative estimate of drug-likeness (QED) is 0.349. The highest BCUT2D eigenvalue weighted by atomic mass is 35.5. The molecule has 28 heavy (non-hydrogen) atoms. The molecule has 0 unspecified atom stereocenters. The number of carbonyl (C=O) groups is 3. The summed E-state index contributed by atoms with van der Waals surface area (Å²) in [5, 5.41) is 3.73. The second-order valence-corrected chi connectivity index (χ2v) is 8.01. The molecule has 0 radical (unpaired) electrons.